The zero-order valence-corrected chi connectivity index (χ0v) is 26.7. The summed E-state index contributed by atoms with van der Waals surface area (Å²) in [6.45, 7) is 14.6. The van der Waals surface area contributed by atoms with Crippen LogP contribution in [0, 0.1) is 6.92 Å². The van der Waals surface area contributed by atoms with E-state index in [9.17, 15) is 19.2 Å². The Morgan fingerprint density at radius 1 is 1.00 bits per heavy atom. The molecule has 0 radical (unpaired) electrons. The third-order valence-electron chi connectivity index (χ3n) is 7.10. The summed E-state index contributed by atoms with van der Waals surface area (Å²) in [6, 6.07) is 10.5. The summed E-state index contributed by atoms with van der Waals surface area (Å²) in [7, 11) is 0. The van der Waals surface area contributed by atoms with Gasteiger partial charge < -0.3 is 26.0 Å². The van der Waals surface area contributed by atoms with Gasteiger partial charge in [0.2, 0.25) is 11.8 Å². The highest BCUT2D eigenvalue weighted by Crippen LogP contribution is 2.35. The lowest BCUT2D eigenvalue weighted by molar-refractivity contribution is -0.148. The molecule has 2 rings (SSSR count). The van der Waals surface area contributed by atoms with Gasteiger partial charge in [-0.3, -0.25) is 14.4 Å². The minimum atomic E-state index is -1.19. The average molecular weight is 601 g/mol. The smallest absolute Gasteiger partial charge is 0.408 e. The number of carbonyl (C=O) groups excluding carboxylic acids is 4. The van der Waals surface area contributed by atoms with Crippen LogP contribution < -0.4 is 16.4 Å². The van der Waals surface area contributed by atoms with Gasteiger partial charge in [-0.1, -0.05) is 61.8 Å². The molecule has 2 aromatic rings. The maximum absolute atomic E-state index is 14.5. The van der Waals surface area contributed by atoms with E-state index < -0.39 is 47.0 Å². The Morgan fingerprint density at radius 2 is 1.62 bits per heavy atom. The maximum Gasteiger partial charge on any atom is 0.408 e. The predicted octanol–water partition coefficient (Wildman–Crippen LogP) is 6.07. The normalized spacial score (nSPS) is 13.1. The van der Waals surface area contributed by atoms with Crippen molar-refractivity contribution in [2.75, 3.05) is 5.32 Å². The SMILES string of the molecule is CCc1ccc(C(C(=O)Nc2c(C)cccc2Cl)N(C(=O)C(CCC(N)=O)NC(=O)OC(C)(C)C)C(C)(C)CC)cc1. The highest BCUT2D eigenvalue weighted by Gasteiger charge is 2.43. The maximum atomic E-state index is 14.5. The molecular weight excluding hydrogens is 556 g/mol. The number of ether oxygens (including phenoxy) is 1. The summed E-state index contributed by atoms with van der Waals surface area (Å²) in [4.78, 5) is 54.7. The summed E-state index contributed by atoms with van der Waals surface area (Å²) in [5, 5.41) is 5.93. The van der Waals surface area contributed by atoms with Gasteiger partial charge in [0.25, 0.3) is 5.91 Å². The molecule has 0 saturated heterocycles. The number of alkyl carbamates (subject to hydrolysis) is 1. The molecule has 2 atom stereocenters. The first-order chi connectivity index (χ1) is 19.5. The van der Waals surface area contributed by atoms with E-state index in [2.05, 4.69) is 10.6 Å². The van der Waals surface area contributed by atoms with Gasteiger partial charge in [-0.15, -0.1) is 0 Å². The topological polar surface area (TPSA) is 131 Å². The van der Waals surface area contributed by atoms with E-state index in [-0.39, 0.29) is 12.8 Å². The molecule has 0 aliphatic heterocycles. The van der Waals surface area contributed by atoms with E-state index in [1.807, 2.05) is 65.0 Å². The quantitative estimate of drug-likeness (QED) is 0.272. The van der Waals surface area contributed by atoms with Gasteiger partial charge in [0, 0.05) is 12.0 Å². The summed E-state index contributed by atoms with van der Waals surface area (Å²) >= 11 is 6.45. The van der Waals surface area contributed by atoms with Crippen LogP contribution in [0.2, 0.25) is 5.02 Å². The molecule has 4 amide bonds. The number of anilines is 1. The molecule has 0 fully saturated rings. The molecule has 0 heterocycles. The fraction of sp³-hybridized carbons (Fsp3) is 0.500. The lowest BCUT2D eigenvalue weighted by Gasteiger charge is -2.44. The number of hydrogen-bond acceptors (Lipinski definition) is 5. The van der Waals surface area contributed by atoms with Crippen molar-refractivity contribution in [3.05, 3.63) is 64.2 Å². The van der Waals surface area contributed by atoms with Crippen molar-refractivity contribution in [3.8, 4) is 0 Å². The lowest BCUT2D eigenvalue weighted by Crippen LogP contribution is -2.59. The summed E-state index contributed by atoms with van der Waals surface area (Å²) in [6.07, 6.45) is 0.229. The van der Waals surface area contributed by atoms with Crippen molar-refractivity contribution >= 4 is 41.1 Å². The number of nitrogens with zero attached hydrogens (tertiary/aromatic N) is 1. The molecular formula is C32H45ClN4O5. The van der Waals surface area contributed by atoms with E-state index in [4.69, 9.17) is 22.1 Å². The molecule has 42 heavy (non-hydrogen) atoms. The van der Waals surface area contributed by atoms with Gasteiger partial charge in [0.1, 0.15) is 17.7 Å². The van der Waals surface area contributed by atoms with Crippen molar-refractivity contribution < 1.29 is 23.9 Å². The van der Waals surface area contributed by atoms with E-state index >= 15 is 0 Å². The zero-order valence-electron chi connectivity index (χ0n) is 26.0. The number of benzene rings is 2. The van der Waals surface area contributed by atoms with Crippen molar-refractivity contribution in [1.82, 2.24) is 10.2 Å². The molecule has 10 heteroatoms. The molecule has 0 bridgehead atoms. The van der Waals surface area contributed by atoms with Crippen LogP contribution in [0.1, 0.15) is 90.5 Å². The molecule has 0 aliphatic carbocycles. The number of halogens is 1. The van der Waals surface area contributed by atoms with Crippen molar-refractivity contribution in [3.63, 3.8) is 0 Å². The Bertz CT molecular complexity index is 1250. The molecule has 0 spiro atoms. The summed E-state index contributed by atoms with van der Waals surface area (Å²) in [5.41, 5.74) is 6.58. The van der Waals surface area contributed by atoms with E-state index in [0.29, 0.717) is 22.7 Å². The number of nitrogens with one attached hydrogen (secondary N) is 2. The number of primary amides is 1. The minimum absolute atomic E-state index is 0.0730. The summed E-state index contributed by atoms with van der Waals surface area (Å²) < 4.78 is 5.41. The van der Waals surface area contributed by atoms with E-state index in [1.54, 1.807) is 32.9 Å². The lowest BCUT2D eigenvalue weighted by atomic mass is 9.91. The van der Waals surface area contributed by atoms with Crippen LogP contribution in [0.15, 0.2) is 42.5 Å². The van der Waals surface area contributed by atoms with Crippen LogP contribution in [-0.4, -0.2) is 45.9 Å². The second kappa shape index (κ2) is 14.5. The fourth-order valence-corrected chi connectivity index (χ4v) is 4.71. The van der Waals surface area contributed by atoms with Crippen LogP contribution in [-0.2, 0) is 25.5 Å². The van der Waals surface area contributed by atoms with Crippen LogP contribution in [0.4, 0.5) is 10.5 Å². The Hall–Kier alpha value is -3.59. The third-order valence-corrected chi connectivity index (χ3v) is 7.42. The predicted molar refractivity (Wildman–Crippen MR) is 166 cm³/mol. The second-order valence-electron chi connectivity index (χ2n) is 12.0. The number of aryl methyl sites for hydroxylation is 2. The highest BCUT2D eigenvalue weighted by molar-refractivity contribution is 6.34. The largest absolute Gasteiger partial charge is 0.444 e. The van der Waals surface area contributed by atoms with Crippen LogP contribution >= 0.6 is 11.6 Å². The van der Waals surface area contributed by atoms with Crippen LogP contribution in [0.25, 0.3) is 0 Å². The second-order valence-corrected chi connectivity index (χ2v) is 12.4. The third kappa shape index (κ3) is 9.48. The fourth-order valence-electron chi connectivity index (χ4n) is 4.44. The first-order valence-corrected chi connectivity index (χ1v) is 14.6. The van der Waals surface area contributed by atoms with Crippen molar-refractivity contribution in [2.24, 2.45) is 5.73 Å². The number of hydrogen-bond donors (Lipinski definition) is 3. The zero-order chi connectivity index (χ0) is 31.8. The van der Waals surface area contributed by atoms with Crippen molar-refractivity contribution in [1.29, 1.82) is 0 Å². The van der Waals surface area contributed by atoms with Gasteiger partial charge >= 0.3 is 6.09 Å². The number of para-hydroxylation sites is 1. The van der Waals surface area contributed by atoms with Crippen LogP contribution in [0.3, 0.4) is 0 Å². The molecule has 0 aromatic heterocycles. The van der Waals surface area contributed by atoms with E-state index in [1.165, 1.54) is 4.90 Å². The minimum Gasteiger partial charge on any atom is -0.444 e. The summed E-state index contributed by atoms with van der Waals surface area (Å²) in [5.74, 6) is -1.65. The number of rotatable bonds is 12. The standard InChI is InChI=1S/C32H45ClN4O5/c1-9-21-14-16-22(17-15-21)27(28(39)36-26-20(3)12-11-13-23(26)33)37(32(7,8)10-2)29(40)24(18-19-25(34)38)35-30(41)42-31(4,5)6/h11-17,24,27H,9-10,18-19H2,1-8H3,(H2,34,38)(H,35,41)(H,36,39). The Kier molecular flexibility index (Phi) is 12.0. The van der Waals surface area contributed by atoms with Gasteiger partial charge in [0.05, 0.1) is 10.7 Å². The molecule has 230 valence electrons. The van der Waals surface area contributed by atoms with Gasteiger partial charge in [0.15, 0.2) is 0 Å². The molecule has 0 aliphatic rings. The van der Waals surface area contributed by atoms with Gasteiger partial charge in [-0.2, -0.15) is 0 Å². The molecule has 0 saturated carbocycles. The Morgan fingerprint density at radius 3 is 2.12 bits per heavy atom. The first kappa shape index (κ1) is 34.6. The van der Waals surface area contributed by atoms with Crippen LogP contribution in [0.5, 0.6) is 0 Å². The van der Waals surface area contributed by atoms with E-state index in [0.717, 1.165) is 17.5 Å². The van der Waals surface area contributed by atoms with Crippen molar-refractivity contribution in [2.45, 2.75) is 104 Å². The molecule has 4 N–H and O–H groups in total. The molecule has 2 aromatic carbocycles. The van der Waals surface area contributed by atoms with Gasteiger partial charge in [-0.25, -0.2) is 4.79 Å². The highest BCUT2D eigenvalue weighted by atomic mass is 35.5. The number of carbonyl (C=O) groups is 4. The first-order valence-electron chi connectivity index (χ1n) is 14.3. The molecule has 9 nitrogen and oxygen atoms in total. The Labute approximate surface area is 254 Å². The Balaban J connectivity index is 2.70. The number of amides is 4. The molecule has 2 unspecified atom stereocenters. The monoisotopic (exact) mass is 600 g/mol. The number of nitrogens with two attached hydrogens (primary N) is 1. The average Bonchev–Trinajstić information content (AvgIpc) is 2.90. The van der Waals surface area contributed by atoms with Gasteiger partial charge in [-0.05, 0) is 83.6 Å².